The van der Waals surface area contributed by atoms with Crippen LogP contribution in [0.2, 0.25) is 0 Å². The smallest absolute Gasteiger partial charge is 0.120 e. The van der Waals surface area contributed by atoms with Crippen molar-refractivity contribution in [3.05, 3.63) is 30.3 Å². The second-order valence-electron chi connectivity index (χ2n) is 5.24. The van der Waals surface area contributed by atoms with E-state index in [0.717, 1.165) is 38.4 Å². The molecule has 0 amide bonds. The molecule has 0 N–H and O–H groups in total. The standard InChI is InChI=1S/C15H23NO2/c1-15(18-14-7-4-3-5-8-14)9-6-10-16(13-15)11-12-17-2/h3-5,7-8H,6,9-13H2,1-2H3. The van der Waals surface area contributed by atoms with E-state index in [1.54, 1.807) is 7.11 Å². The molecule has 1 atom stereocenters. The summed E-state index contributed by atoms with van der Waals surface area (Å²) < 4.78 is 11.3. The van der Waals surface area contributed by atoms with Gasteiger partial charge in [0, 0.05) is 20.2 Å². The van der Waals surface area contributed by atoms with Crippen LogP contribution in [0.3, 0.4) is 0 Å². The molecule has 0 aromatic heterocycles. The quantitative estimate of drug-likeness (QED) is 0.800. The summed E-state index contributed by atoms with van der Waals surface area (Å²) in [4.78, 5) is 2.43. The number of methoxy groups -OCH3 is 1. The number of nitrogens with zero attached hydrogens (tertiary/aromatic N) is 1. The van der Waals surface area contributed by atoms with Gasteiger partial charge in [0.25, 0.3) is 0 Å². The Morgan fingerprint density at radius 1 is 1.28 bits per heavy atom. The molecule has 1 aromatic rings. The van der Waals surface area contributed by atoms with Gasteiger partial charge in [0.1, 0.15) is 11.4 Å². The third-order valence-corrected chi connectivity index (χ3v) is 3.46. The lowest BCUT2D eigenvalue weighted by Gasteiger charge is -2.40. The van der Waals surface area contributed by atoms with Crippen molar-refractivity contribution >= 4 is 0 Å². The molecule has 1 saturated heterocycles. The molecular weight excluding hydrogens is 226 g/mol. The summed E-state index contributed by atoms with van der Waals surface area (Å²) in [6.07, 6.45) is 2.30. The second kappa shape index (κ2) is 6.21. The first-order valence-electron chi connectivity index (χ1n) is 6.67. The molecule has 1 aromatic carbocycles. The van der Waals surface area contributed by atoms with E-state index in [1.165, 1.54) is 6.42 Å². The van der Waals surface area contributed by atoms with Gasteiger partial charge in [-0.1, -0.05) is 18.2 Å². The minimum atomic E-state index is -0.0760. The summed E-state index contributed by atoms with van der Waals surface area (Å²) in [6, 6.07) is 10.1. The molecule has 100 valence electrons. The molecular formula is C15H23NO2. The van der Waals surface area contributed by atoms with Crippen LogP contribution in [-0.2, 0) is 4.74 Å². The van der Waals surface area contributed by atoms with Crippen LogP contribution in [0.5, 0.6) is 5.75 Å². The second-order valence-corrected chi connectivity index (χ2v) is 5.24. The summed E-state index contributed by atoms with van der Waals surface area (Å²) in [5.41, 5.74) is -0.0760. The van der Waals surface area contributed by atoms with E-state index in [1.807, 2.05) is 30.3 Å². The number of likely N-dealkylation sites (tertiary alicyclic amines) is 1. The van der Waals surface area contributed by atoms with Crippen molar-refractivity contribution in [3.63, 3.8) is 0 Å². The fourth-order valence-electron chi connectivity index (χ4n) is 2.58. The Bertz CT molecular complexity index is 355. The van der Waals surface area contributed by atoms with Crippen molar-refractivity contribution in [1.82, 2.24) is 4.90 Å². The highest BCUT2D eigenvalue weighted by Gasteiger charge is 2.32. The van der Waals surface area contributed by atoms with E-state index >= 15 is 0 Å². The van der Waals surface area contributed by atoms with Gasteiger partial charge < -0.3 is 9.47 Å². The van der Waals surface area contributed by atoms with Crippen molar-refractivity contribution in [2.75, 3.05) is 33.4 Å². The van der Waals surface area contributed by atoms with Gasteiger partial charge in [-0.2, -0.15) is 0 Å². The minimum Gasteiger partial charge on any atom is -0.486 e. The Labute approximate surface area is 110 Å². The zero-order chi connectivity index (χ0) is 12.8. The number of rotatable bonds is 5. The molecule has 1 heterocycles. The molecule has 1 aliphatic rings. The number of piperidine rings is 1. The molecule has 3 nitrogen and oxygen atoms in total. The highest BCUT2D eigenvalue weighted by atomic mass is 16.5. The molecule has 0 saturated carbocycles. The number of para-hydroxylation sites is 1. The van der Waals surface area contributed by atoms with Crippen LogP contribution in [-0.4, -0.2) is 43.9 Å². The van der Waals surface area contributed by atoms with Gasteiger partial charge in [0.15, 0.2) is 0 Å². The summed E-state index contributed by atoms with van der Waals surface area (Å²) in [6.45, 7) is 6.12. The molecule has 18 heavy (non-hydrogen) atoms. The first-order valence-corrected chi connectivity index (χ1v) is 6.67. The van der Waals surface area contributed by atoms with Crippen LogP contribution in [0, 0.1) is 0 Å². The Morgan fingerprint density at radius 2 is 2.06 bits per heavy atom. The molecule has 0 spiro atoms. The van der Waals surface area contributed by atoms with Gasteiger partial charge in [0.05, 0.1) is 6.61 Å². The number of ether oxygens (including phenoxy) is 2. The normalized spacial score (nSPS) is 25.0. The maximum Gasteiger partial charge on any atom is 0.120 e. The van der Waals surface area contributed by atoms with Gasteiger partial charge in [-0.25, -0.2) is 0 Å². The third-order valence-electron chi connectivity index (χ3n) is 3.46. The monoisotopic (exact) mass is 249 g/mol. The van der Waals surface area contributed by atoms with E-state index in [-0.39, 0.29) is 5.60 Å². The van der Waals surface area contributed by atoms with Gasteiger partial charge in [-0.05, 0) is 38.4 Å². The van der Waals surface area contributed by atoms with Gasteiger partial charge in [-0.15, -0.1) is 0 Å². The Kier molecular flexibility index (Phi) is 4.61. The fraction of sp³-hybridized carbons (Fsp3) is 0.600. The summed E-state index contributed by atoms with van der Waals surface area (Å²) in [5, 5.41) is 0. The van der Waals surface area contributed by atoms with Gasteiger partial charge >= 0.3 is 0 Å². The summed E-state index contributed by atoms with van der Waals surface area (Å²) >= 11 is 0. The molecule has 0 aliphatic carbocycles. The first kappa shape index (κ1) is 13.4. The zero-order valence-corrected chi connectivity index (χ0v) is 11.4. The maximum absolute atomic E-state index is 6.17. The third kappa shape index (κ3) is 3.72. The lowest BCUT2D eigenvalue weighted by molar-refractivity contribution is -0.00162. The van der Waals surface area contributed by atoms with Crippen molar-refractivity contribution in [2.24, 2.45) is 0 Å². The van der Waals surface area contributed by atoms with Crippen LogP contribution in [0.1, 0.15) is 19.8 Å². The van der Waals surface area contributed by atoms with Crippen LogP contribution >= 0.6 is 0 Å². The molecule has 1 aliphatic heterocycles. The van der Waals surface area contributed by atoms with E-state index in [4.69, 9.17) is 9.47 Å². The van der Waals surface area contributed by atoms with Crippen molar-refractivity contribution in [3.8, 4) is 5.75 Å². The highest BCUT2D eigenvalue weighted by Crippen LogP contribution is 2.27. The molecule has 1 fully saturated rings. The first-order chi connectivity index (χ1) is 8.72. The SMILES string of the molecule is COCCN1CCCC(C)(Oc2ccccc2)C1. The van der Waals surface area contributed by atoms with E-state index in [0.29, 0.717) is 0 Å². The summed E-state index contributed by atoms with van der Waals surface area (Å²) in [5.74, 6) is 0.966. The van der Waals surface area contributed by atoms with Crippen LogP contribution in [0.15, 0.2) is 30.3 Å². The molecule has 0 radical (unpaired) electrons. The Morgan fingerprint density at radius 3 is 2.78 bits per heavy atom. The van der Waals surface area contributed by atoms with Gasteiger partial charge in [-0.3, -0.25) is 4.90 Å². The van der Waals surface area contributed by atoms with Crippen LogP contribution in [0.25, 0.3) is 0 Å². The van der Waals surface area contributed by atoms with Crippen molar-refractivity contribution < 1.29 is 9.47 Å². The Balaban J connectivity index is 1.93. The fourth-order valence-corrected chi connectivity index (χ4v) is 2.58. The molecule has 1 unspecified atom stereocenters. The number of hydrogen-bond acceptors (Lipinski definition) is 3. The highest BCUT2D eigenvalue weighted by molar-refractivity contribution is 5.22. The Hall–Kier alpha value is -1.06. The maximum atomic E-state index is 6.17. The number of benzene rings is 1. The van der Waals surface area contributed by atoms with Crippen LogP contribution < -0.4 is 4.74 Å². The average Bonchev–Trinajstić information content (AvgIpc) is 2.37. The van der Waals surface area contributed by atoms with Crippen molar-refractivity contribution in [1.29, 1.82) is 0 Å². The van der Waals surface area contributed by atoms with E-state index in [9.17, 15) is 0 Å². The average molecular weight is 249 g/mol. The lowest BCUT2D eigenvalue weighted by Crippen LogP contribution is -2.50. The predicted octanol–water partition coefficient (Wildman–Crippen LogP) is 2.57. The van der Waals surface area contributed by atoms with E-state index < -0.39 is 0 Å². The topological polar surface area (TPSA) is 21.7 Å². The van der Waals surface area contributed by atoms with E-state index in [2.05, 4.69) is 11.8 Å². The molecule has 3 heteroatoms. The largest absolute Gasteiger partial charge is 0.486 e. The minimum absolute atomic E-state index is 0.0760. The predicted molar refractivity (Wildman–Crippen MR) is 73.0 cm³/mol. The zero-order valence-electron chi connectivity index (χ0n) is 11.4. The van der Waals surface area contributed by atoms with Gasteiger partial charge in [0.2, 0.25) is 0 Å². The van der Waals surface area contributed by atoms with Crippen molar-refractivity contribution in [2.45, 2.75) is 25.4 Å². The van der Waals surface area contributed by atoms with Crippen LogP contribution in [0.4, 0.5) is 0 Å². The number of hydrogen-bond donors (Lipinski definition) is 0. The molecule has 0 bridgehead atoms. The lowest BCUT2D eigenvalue weighted by atomic mass is 9.94. The molecule has 2 rings (SSSR count). The summed E-state index contributed by atoms with van der Waals surface area (Å²) in [7, 11) is 1.75.